The molecular formula is C24H24N3OS2+. The number of fused-ring (bicyclic) bond motifs is 3. The van der Waals surface area contributed by atoms with E-state index in [0.717, 1.165) is 52.9 Å². The molecule has 4 nitrogen and oxygen atoms in total. The molecule has 0 radical (unpaired) electrons. The molecule has 0 saturated carbocycles. The molecule has 152 valence electrons. The van der Waals surface area contributed by atoms with Crippen LogP contribution in [0.2, 0.25) is 0 Å². The predicted octanol–water partition coefficient (Wildman–Crippen LogP) is 3.70. The minimum atomic E-state index is 0.0751. The Morgan fingerprint density at radius 2 is 1.83 bits per heavy atom. The van der Waals surface area contributed by atoms with Crippen LogP contribution in [0.25, 0.3) is 15.9 Å². The summed E-state index contributed by atoms with van der Waals surface area (Å²) < 4.78 is 1.80. The number of rotatable bonds is 5. The summed E-state index contributed by atoms with van der Waals surface area (Å²) in [5.41, 5.74) is 3.55. The first-order valence-electron chi connectivity index (χ1n) is 10.4. The minimum Gasteiger partial charge on any atom is -0.326 e. The van der Waals surface area contributed by atoms with Gasteiger partial charge in [0.2, 0.25) is 0 Å². The maximum Gasteiger partial charge on any atom is 0.267 e. The largest absolute Gasteiger partial charge is 0.326 e. The lowest BCUT2D eigenvalue weighted by Crippen LogP contribution is -3.10. The second-order valence-electron chi connectivity index (χ2n) is 7.58. The number of hydrogen-bond acceptors (Lipinski definition) is 4. The Balaban J connectivity index is 1.57. The molecule has 0 aliphatic carbocycles. The van der Waals surface area contributed by atoms with Gasteiger partial charge in [0, 0.05) is 12.0 Å². The molecule has 6 heteroatoms. The number of nitrogens with zero attached hydrogens (tertiary/aromatic N) is 2. The van der Waals surface area contributed by atoms with E-state index in [1.807, 2.05) is 30.3 Å². The van der Waals surface area contributed by atoms with Gasteiger partial charge in [0.05, 0.1) is 22.5 Å². The Labute approximate surface area is 184 Å². The number of thioether (sulfide) groups is 1. The lowest BCUT2D eigenvalue weighted by molar-refractivity contribution is -0.929. The predicted molar refractivity (Wildman–Crippen MR) is 125 cm³/mol. The van der Waals surface area contributed by atoms with Crippen LogP contribution in [0, 0.1) is 0 Å². The summed E-state index contributed by atoms with van der Waals surface area (Å²) in [5, 5.41) is 1.62. The second-order valence-corrected chi connectivity index (χ2v) is 9.89. The first kappa shape index (κ1) is 19.5. The second kappa shape index (κ2) is 8.38. The van der Waals surface area contributed by atoms with Gasteiger partial charge >= 0.3 is 0 Å². The van der Waals surface area contributed by atoms with Crippen molar-refractivity contribution in [1.29, 1.82) is 0 Å². The summed E-state index contributed by atoms with van der Waals surface area (Å²) in [7, 11) is 0. The zero-order valence-corrected chi connectivity index (χ0v) is 18.6. The number of thiophene rings is 1. The molecule has 1 atom stereocenters. The number of hydrogen-bond donors (Lipinski definition) is 1. The fourth-order valence-electron chi connectivity index (χ4n) is 4.22. The van der Waals surface area contributed by atoms with Gasteiger partial charge in [0.1, 0.15) is 17.9 Å². The summed E-state index contributed by atoms with van der Waals surface area (Å²) in [4.78, 5) is 22.4. The van der Waals surface area contributed by atoms with E-state index in [-0.39, 0.29) is 5.56 Å². The van der Waals surface area contributed by atoms with Crippen molar-refractivity contribution >= 4 is 33.3 Å². The monoisotopic (exact) mass is 434 g/mol. The van der Waals surface area contributed by atoms with E-state index in [1.165, 1.54) is 16.0 Å². The van der Waals surface area contributed by atoms with Crippen LogP contribution >= 0.6 is 23.1 Å². The van der Waals surface area contributed by atoms with Gasteiger partial charge in [0.25, 0.3) is 5.56 Å². The summed E-state index contributed by atoms with van der Waals surface area (Å²) in [5.74, 6) is 0.880. The minimum absolute atomic E-state index is 0.0751. The molecule has 3 heterocycles. The normalized spacial score (nSPS) is 16.0. The van der Waals surface area contributed by atoms with Crippen molar-refractivity contribution < 1.29 is 4.90 Å². The van der Waals surface area contributed by atoms with Crippen molar-refractivity contribution in [2.75, 3.05) is 12.3 Å². The van der Waals surface area contributed by atoms with Crippen molar-refractivity contribution in [2.24, 2.45) is 0 Å². The highest BCUT2D eigenvalue weighted by Crippen LogP contribution is 2.31. The third kappa shape index (κ3) is 3.60. The number of quaternary nitrogens is 1. The average molecular weight is 435 g/mol. The van der Waals surface area contributed by atoms with E-state index in [0.29, 0.717) is 0 Å². The molecule has 0 saturated heterocycles. The van der Waals surface area contributed by atoms with E-state index in [1.54, 1.807) is 32.6 Å². The standard InChI is InChI=1S/C24H23N3OS2/c1-2-29-24-25-22-21(23(28)27(24)18-11-7-4-8-12-18)19-13-14-26(16-20(19)30-22)15-17-9-5-3-6-10-17/h3-12H,2,13-16H2,1H3/p+1. The van der Waals surface area contributed by atoms with Crippen LogP contribution in [0.3, 0.4) is 0 Å². The fourth-order valence-corrected chi connectivity index (χ4v) is 6.29. The van der Waals surface area contributed by atoms with Gasteiger partial charge in [-0.1, -0.05) is 67.2 Å². The molecule has 5 rings (SSSR count). The maximum atomic E-state index is 13.6. The van der Waals surface area contributed by atoms with Crippen LogP contribution < -0.4 is 10.5 Å². The molecule has 0 amide bonds. The third-order valence-electron chi connectivity index (χ3n) is 5.60. The van der Waals surface area contributed by atoms with Crippen LogP contribution in [0.5, 0.6) is 0 Å². The van der Waals surface area contributed by atoms with Crippen molar-refractivity contribution in [3.8, 4) is 5.69 Å². The summed E-state index contributed by atoms with van der Waals surface area (Å²) >= 11 is 3.34. The molecule has 1 aliphatic rings. The maximum absolute atomic E-state index is 13.6. The Hall–Kier alpha value is -2.41. The zero-order valence-electron chi connectivity index (χ0n) is 16.9. The third-order valence-corrected chi connectivity index (χ3v) is 7.55. The molecule has 0 spiro atoms. The Morgan fingerprint density at radius 3 is 2.57 bits per heavy atom. The van der Waals surface area contributed by atoms with E-state index in [4.69, 9.17) is 4.98 Å². The summed E-state index contributed by atoms with van der Waals surface area (Å²) in [6.07, 6.45) is 0.934. The number of para-hydroxylation sites is 1. The highest BCUT2D eigenvalue weighted by molar-refractivity contribution is 7.99. The Morgan fingerprint density at radius 1 is 1.10 bits per heavy atom. The van der Waals surface area contributed by atoms with Gasteiger partial charge in [0.15, 0.2) is 5.16 Å². The van der Waals surface area contributed by atoms with Crippen LogP contribution in [0.1, 0.15) is 22.9 Å². The van der Waals surface area contributed by atoms with Gasteiger partial charge in [-0.25, -0.2) is 4.98 Å². The van der Waals surface area contributed by atoms with E-state index in [2.05, 4.69) is 37.3 Å². The zero-order chi connectivity index (χ0) is 20.5. The molecule has 1 aliphatic heterocycles. The van der Waals surface area contributed by atoms with Crippen molar-refractivity contribution in [3.05, 3.63) is 87.0 Å². The molecule has 2 aromatic carbocycles. The smallest absolute Gasteiger partial charge is 0.267 e. The van der Waals surface area contributed by atoms with Crippen LogP contribution in [-0.2, 0) is 19.5 Å². The molecular weight excluding hydrogens is 410 g/mol. The number of nitrogens with one attached hydrogen (secondary N) is 1. The van der Waals surface area contributed by atoms with Gasteiger partial charge in [-0.2, -0.15) is 0 Å². The molecule has 1 N–H and O–H groups in total. The van der Waals surface area contributed by atoms with E-state index < -0.39 is 0 Å². The lowest BCUT2D eigenvalue weighted by atomic mass is 10.0. The lowest BCUT2D eigenvalue weighted by Gasteiger charge is -2.24. The van der Waals surface area contributed by atoms with Gasteiger partial charge in [-0.05, 0) is 23.4 Å². The van der Waals surface area contributed by atoms with Crippen molar-refractivity contribution in [2.45, 2.75) is 31.6 Å². The summed E-state index contributed by atoms with van der Waals surface area (Å²) in [6, 6.07) is 20.6. The van der Waals surface area contributed by atoms with Crippen LogP contribution in [0.15, 0.2) is 70.6 Å². The molecule has 30 heavy (non-hydrogen) atoms. The van der Waals surface area contributed by atoms with Gasteiger partial charge < -0.3 is 4.90 Å². The van der Waals surface area contributed by atoms with Crippen LogP contribution in [-0.4, -0.2) is 21.8 Å². The summed E-state index contributed by atoms with van der Waals surface area (Å²) in [6.45, 7) is 5.13. The molecule has 4 aromatic rings. The van der Waals surface area contributed by atoms with Crippen molar-refractivity contribution in [1.82, 2.24) is 9.55 Å². The van der Waals surface area contributed by atoms with Gasteiger partial charge in [-0.3, -0.25) is 9.36 Å². The number of benzene rings is 2. The Bertz CT molecular complexity index is 1230. The molecule has 0 fully saturated rings. The topological polar surface area (TPSA) is 39.3 Å². The fraction of sp³-hybridized carbons (Fsp3) is 0.250. The quantitative estimate of drug-likeness (QED) is 0.385. The average Bonchev–Trinajstić information content (AvgIpc) is 3.13. The van der Waals surface area contributed by atoms with Crippen molar-refractivity contribution in [3.63, 3.8) is 0 Å². The van der Waals surface area contributed by atoms with E-state index in [9.17, 15) is 4.79 Å². The molecule has 1 unspecified atom stereocenters. The SMILES string of the molecule is CCSc1nc2sc3c(c2c(=O)n1-c1ccccc1)CC[NH+](Cc1ccccc1)C3. The highest BCUT2D eigenvalue weighted by atomic mass is 32.2. The highest BCUT2D eigenvalue weighted by Gasteiger charge is 2.27. The Kier molecular flexibility index (Phi) is 5.46. The van der Waals surface area contributed by atoms with E-state index >= 15 is 0 Å². The molecule has 0 bridgehead atoms. The first-order chi connectivity index (χ1) is 14.7. The van der Waals surface area contributed by atoms with Gasteiger partial charge in [-0.15, -0.1) is 11.3 Å². The first-order valence-corrected chi connectivity index (χ1v) is 12.2. The molecule has 2 aromatic heterocycles. The number of aromatic nitrogens is 2. The van der Waals surface area contributed by atoms with Crippen LogP contribution in [0.4, 0.5) is 0 Å².